The zero-order chi connectivity index (χ0) is 13.8. The van der Waals surface area contributed by atoms with Crippen molar-refractivity contribution in [3.8, 4) is 0 Å². The van der Waals surface area contributed by atoms with Gasteiger partial charge in [-0.1, -0.05) is 13.3 Å². The molecule has 0 saturated heterocycles. The number of aromatic nitrogens is 3. The maximum absolute atomic E-state index is 12.0. The zero-order valence-corrected chi connectivity index (χ0v) is 11.6. The number of hydrogen-bond acceptors (Lipinski definition) is 4. The molecule has 0 aliphatic heterocycles. The van der Waals surface area contributed by atoms with Crippen molar-refractivity contribution < 1.29 is 9.53 Å². The smallest absolute Gasteiger partial charge is 0.316 e. The van der Waals surface area contributed by atoms with Crippen LogP contribution >= 0.6 is 0 Å². The lowest BCUT2D eigenvalue weighted by molar-refractivity contribution is -0.145. The molecule has 1 N–H and O–H groups in total. The summed E-state index contributed by atoms with van der Waals surface area (Å²) in [5.74, 6) is 0.0907. The van der Waals surface area contributed by atoms with Crippen LogP contribution in [-0.2, 0) is 9.53 Å². The number of rotatable bonds is 5. The maximum Gasteiger partial charge on any atom is 0.316 e. The summed E-state index contributed by atoms with van der Waals surface area (Å²) in [6.45, 7) is 6.15. The Morgan fingerprint density at radius 3 is 2.84 bits per heavy atom. The van der Waals surface area contributed by atoms with Crippen molar-refractivity contribution in [2.75, 3.05) is 6.61 Å². The number of carbonyl (C=O) groups excluding carboxylic acids is 1. The lowest BCUT2D eigenvalue weighted by Crippen LogP contribution is -2.17. The van der Waals surface area contributed by atoms with Crippen LogP contribution < -0.4 is 0 Å². The lowest BCUT2D eigenvalue weighted by atomic mass is 10.0. The average Bonchev–Trinajstić information content (AvgIpc) is 2.78. The second-order valence-corrected chi connectivity index (χ2v) is 4.54. The van der Waals surface area contributed by atoms with Gasteiger partial charge < -0.3 is 9.72 Å². The zero-order valence-electron chi connectivity index (χ0n) is 11.6. The summed E-state index contributed by atoms with van der Waals surface area (Å²) < 4.78 is 5.11. The third kappa shape index (κ3) is 2.92. The molecule has 0 amide bonds. The summed E-state index contributed by atoms with van der Waals surface area (Å²) in [5.41, 5.74) is 2.42. The quantitative estimate of drug-likeness (QED) is 0.840. The van der Waals surface area contributed by atoms with Gasteiger partial charge in [0.05, 0.1) is 12.1 Å². The van der Waals surface area contributed by atoms with Gasteiger partial charge >= 0.3 is 5.97 Å². The van der Waals surface area contributed by atoms with Crippen LogP contribution in [0.25, 0.3) is 11.2 Å². The van der Waals surface area contributed by atoms with Crippen LogP contribution in [0.3, 0.4) is 0 Å². The van der Waals surface area contributed by atoms with E-state index in [0.717, 1.165) is 24.1 Å². The van der Waals surface area contributed by atoms with Gasteiger partial charge in [0, 0.05) is 5.69 Å². The molecule has 1 atom stereocenters. The van der Waals surface area contributed by atoms with Gasteiger partial charge in [0.25, 0.3) is 0 Å². The molecule has 102 valence electrons. The Hall–Kier alpha value is -1.91. The molecule has 0 bridgehead atoms. The minimum atomic E-state index is -0.334. The van der Waals surface area contributed by atoms with Gasteiger partial charge in [0.1, 0.15) is 11.7 Å². The maximum atomic E-state index is 12.0. The van der Waals surface area contributed by atoms with E-state index in [9.17, 15) is 4.79 Å². The molecular formula is C14H19N3O2. The Bertz CT molecular complexity index is 577. The summed E-state index contributed by atoms with van der Waals surface area (Å²) in [6.07, 6.45) is 1.62. The molecule has 2 heterocycles. The highest BCUT2D eigenvalue weighted by Gasteiger charge is 2.24. The highest BCUT2D eigenvalue weighted by molar-refractivity contribution is 5.79. The summed E-state index contributed by atoms with van der Waals surface area (Å²) >= 11 is 0. The molecule has 2 aromatic heterocycles. The minimum absolute atomic E-state index is 0.222. The number of nitrogens with zero attached hydrogens (tertiary/aromatic N) is 2. The van der Waals surface area contributed by atoms with Crippen LogP contribution in [0.1, 0.15) is 44.1 Å². The van der Waals surface area contributed by atoms with Crippen LogP contribution in [0.5, 0.6) is 0 Å². The number of H-pyrrole nitrogens is 1. The first-order valence-electron chi connectivity index (χ1n) is 6.65. The van der Waals surface area contributed by atoms with Crippen molar-refractivity contribution in [3.05, 3.63) is 23.7 Å². The van der Waals surface area contributed by atoms with Gasteiger partial charge in [-0.05, 0) is 32.4 Å². The highest BCUT2D eigenvalue weighted by Crippen LogP contribution is 2.22. The fourth-order valence-corrected chi connectivity index (χ4v) is 2.07. The van der Waals surface area contributed by atoms with Gasteiger partial charge in [0.2, 0.25) is 0 Å². The fraction of sp³-hybridized carbons (Fsp3) is 0.500. The van der Waals surface area contributed by atoms with Gasteiger partial charge in [-0.3, -0.25) is 4.79 Å². The first-order chi connectivity index (χ1) is 9.15. The number of pyridine rings is 1. The van der Waals surface area contributed by atoms with Gasteiger partial charge in [-0.15, -0.1) is 0 Å². The summed E-state index contributed by atoms with van der Waals surface area (Å²) in [4.78, 5) is 23.9. The van der Waals surface area contributed by atoms with Crippen LogP contribution in [0.4, 0.5) is 0 Å². The number of esters is 1. The van der Waals surface area contributed by atoms with Gasteiger partial charge in [0.15, 0.2) is 5.65 Å². The van der Waals surface area contributed by atoms with E-state index in [0.29, 0.717) is 18.1 Å². The SMILES string of the molecule is CCCC(C(=O)OCC)c1nc2nc(C)ccc2[nH]1. The summed E-state index contributed by atoms with van der Waals surface area (Å²) in [6, 6.07) is 3.85. The largest absolute Gasteiger partial charge is 0.465 e. The van der Waals surface area contributed by atoms with Gasteiger partial charge in [-0.25, -0.2) is 9.97 Å². The summed E-state index contributed by atoms with van der Waals surface area (Å²) in [7, 11) is 0. The number of nitrogens with one attached hydrogen (secondary N) is 1. The van der Waals surface area contributed by atoms with Crippen LogP contribution in [0.15, 0.2) is 12.1 Å². The average molecular weight is 261 g/mol. The fourth-order valence-electron chi connectivity index (χ4n) is 2.07. The second kappa shape index (κ2) is 5.82. The van der Waals surface area contributed by atoms with Gasteiger partial charge in [-0.2, -0.15) is 0 Å². The van der Waals surface area contributed by atoms with E-state index in [1.54, 1.807) is 0 Å². The van der Waals surface area contributed by atoms with E-state index in [1.165, 1.54) is 0 Å². The predicted molar refractivity (Wildman–Crippen MR) is 72.9 cm³/mol. The molecule has 19 heavy (non-hydrogen) atoms. The van der Waals surface area contributed by atoms with E-state index in [4.69, 9.17) is 4.74 Å². The topological polar surface area (TPSA) is 67.9 Å². The molecule has 0 saturated carbocycles. The van der Waals surface area contributed by atoms with E-state index in [1.807, 2.05) is 32.9 Å². The second-order valence-electron chi connectivity index (χ2n) is 4.54. The highest BCUT2D eigenvalue weighted by atomic mass is 16.5. The molecule has 1 unspecified atom stereocenters. The van der Waals surface area contributed by atoms with E-state index < -0.39 is 0 Å². The number of carbonyl (C=O) groups is 1. The third-order valence-corrected chi connectivity index (χ3v) is 2.98. The molecular weight excluding hydrogens is 242 g/mol. The molecule has 0 aliphatic carbocycles. The number of ether oxygens (including phenoxy) is 1. The molecule has 5 heteroatoms. The molecule has 0 fully saturated rings. The molecule has 2 aromatic rings. The van der Waals surface area contributed by atoms with Crippen molar-refractivity contribution in [1.29, 1.82) is 0 Å². The Labute approximate surface area is 112 Å². The Balaban J connectivity index is 2.35. The normalized spacial score (nSPS) is 12.6. The van der Waals surface area contributed by atoms with Crippen molar-refractivity contribution in [2.45, 2.75) is 39.5 Å². The van der Waals surface area contributed by atoms with E-state index in [2.05, 4.69) is 15.0 Å². The number of aryl methyl sites for hydroxylation is 1. The monoisotopic (exact) mass is 261 g/mol. The van der Waals surface area contributed by atoms with E-state index in [-0.39, 0.29) is 11.9 Å². The summed E-state index contributed by atoms with van der Waals surface area (Å²) in [5, 5.41) is 0. The van der Waals surface area contributed by atoms with Crippen LogP contribution in [-0.4, -0.2) is 27.5 Å². The van der Waals surface area contributed by atoms with Crippen LogP contribution in [0.2, 0.25) is 0 Å². The number of imidazole rings is 1. The number of hydrogen-bond donors (Lipinski definition) is 1. The number of fused-ring (bicyclic) bond motifs is 1. The van der Waals surface area contributed by atoms with Crippen molar-refractivity contribution >= 4 is 17.1 Å². The predicted octanol–water partition coefficient (Wildman–Crippen LogP) is 2.71. The molecule has 0 radical (unpaired) electrons. The number of aromatic amines is 1. The molecule has 0 spiro atoms. The first-order valence-corrected chi connectivity index (χ1v) is 6.65. The van der Waals surface area contributed by atoms with Crippen molar-refractivity contribution in [3.63, 3.8) is 0 Å². The molecule has 0 aliphatic rings. The Morgan fingerprint density at radius 2 is 2.16 bits per heavy atom. The van der Waals surface area contributed by atoms with Crippen molar-refractivity contribution in [2.24, 2.45) is 0 Å². The minimum Gasteiger partial charge on any atom is -0.465 e. The van der Waals surface area contributed by atoms with Crippen molar-refractivity contribution in [1.82, 2.24) is 15.0 Å². The third-order valence-electron chi connectivity index (χ3n) is 2.98. The Morgan fingerprint density at radius 1 is 1.37 bits per heavy atom. The molecule has 2 rings (SSSR count). The Kier molecular flexibility index (Phi) is 4.14. The molecule has 0 aromatic carbocycles. The van der Waals surface area contributed by atoms with Crippen LogP contribution in [0, 0.1) is 6.92 Å². The standard InChI is InChI=1S/C14H19N3O2/c1-4-6-10(14(18)19-5-2)12-16-11-8-7-9(3)15-13(11)17-12/h7-8,10H,4-6H2,1-3H3,(H,15,16,17). The van der Waals surface area contributed by atoms with E-state index >= 15 is 0 Å². The molecule has 5 nitrogen and oxygen atoms in total. The first kappa shape index (κ1) is 13.5. The lowest BCUT2D eigenvalue weighted by Gasteiger charge is -2.11.